The number of benzene rings is 1. The van der Waals surface area contributed by atoms with Crippen LogP contribution in [-0.4, -0.2) is 54.1 Å². The first-order valence-electron chi connectivity index (χ1n) is 12.4. The van der Waals surface area contributed by atoms with Crippen molar-refractivity contribution in [1.29, 1.82) is 0 Å². The zero-order chi connectivity index (χ0) is 28.0. The lowest BCUT2D eigenvalue weighted by Gasteiger charge is -2.39. The van der Waals surface area contributed by atoms with Crippen LogP contribution in [0.2, 0.25) is 5.02 Å². The number of methoxy groups -OCH3 is 2. The second kappa shape index (κ2) is 10.9. The molecule has 5 rings (SSSR count). The van der Waals surface area contributed by atoms with E-state index in [-0.39, 0.29) is 17.5 Å². The number of rotatable bonds is 6. The van der Waals surface area contributed by atoms with Crippen molar-refractivity contribution in [3.05, 3.63) is 86.2 Å². The van der Waals surface area contributed by atoms with Crippen LogP contribution in [0, 0.1) is 0 Å². The number of anilines is 1. The number of halogens is 2. The molecule has 0 spiro atoms. The van der Waals surface area contributed by atoms with E-state index in [2.05, 4.69) is 57.0 Å². The van der Waals surface area contributed by atoms with Gasteiger partial charge in [0.2, 0.25) is 12.2 Å². The molecule has 0 aliphatic carbocycles. The van der Waals surface area contributed by atoms with Gasteiger partial charge in [0.1, 0.15) is 23.6 Å². The van der Waals surface area contributed by atoms with Gasteiger partial charge < -0.3 is 29.6 Å². The number of alkyl halides is 1. The van der Waals surface area contributed by atoms with Gasteiger partial charge in [-0.05, 0) is 43.2 Å². The third kappa shape index (κ3) is 4.70. The molecule has 3 aliphatic rings. The number of pyridine rings is 1. The Morgan fingerprint density at radius 1 is 1.18 bits per heavy atom. The first-order chi connectivity index (χ1) is 18.7. The Kier molecular flexibility index (Phi) is 7.66. The molecule has 3 aliphatic heterocycles. The van der Waals surface area contributed by atoms with E-state index < -0.39 is 18.6 Å². The lowest BCUT2D eigenvalue weighted by molar-refractivity contribution is -0.115. The Balaban J connectivity index is 1.66. The number of carbonyl (C=O) groups excluding carboxylic acids is 1. The van der Waals surface area contributed by atoms with E-state index in [1.165, 1.54) is 4.57 Å². The number of amides is 1. The number of aliphatic imine (C=N–C) groups is 1. The molecule has 0 saturated carbocycles. The number of aromatic nitrogens is 1. The smallest absolute Gasteiger partial charge is 0.277 e. The summed E-state index contributed by atoms with van der Waals surface area (Å²) < 4.78 is 13.2. The molecule has 39 heavy (non-hydrogen) atoms. The van der Waals surface area contributed by atoms with Gasteiger partial charge in [-0.1, -0.05) is 46.3 Å². The number of hydrogen-bond acceptors (Lipinski definition) is 8. The number of hydrogen-bond donors (Lipinski definition) is 2. The van der Waals surface area contributed by atoms with Gasteiger partial charge in [0, 0.05) is 42.0 Å². The minimum atomic E-state index is -0.572. The molecular weight excluding hydrogens is 635 g/mol. The Morgan fingerprint density at radius 3 is 2.51 bits per heavy atom. The SMILES string of the molecule is COC1=NC(OC)NC=C1C1NC2=C(C(c3ccc(Cl)cc3)N(c3cc(CI)cn(C)c3=O)C2=O)N1C(C)C. The fourth-order valence-corrected chi connectivity index (χ4v) is 5.84. The van der Waals surface area contributed by atoms with Crippen LogP contribution in [-0.2, 0) is 25.7 Å². The highest BCUT2D eigenvalue weighted by Gasteiger charge is 2.52. The van der Waals surface area contributed by atoms with Crippen molar-refractivity contribution < 1.29 is 14.3 Å². The number of nitrogens with zero attached hydrogens (tertiary/aromatic N) is 4. The third-order valence-electron chi connectivity index (χ3n) is 6.99. The molecule has 0 fully saturated rings. The summed E-state index contributed by atoms with van der Waals surface area (Å²) in [6, 6.07) is 8.61. The zero-order valence-electron chi connectivity index (χ0n) is 22.2. The average Bonchev–Trinajstić information content (AvgIpc) is 3.45. The largest absolute Gasteiger partial charge is 0.481 e. The van der Waals surface area contributed by atoms with Crippen molar-refractivity contribution >= 4 is 51.7 Å². The molecule has 2 aromatic rings. The molecule has 2 N–H and O–H groups in total. The molecule has 10 nitrogen and oxygen atoms in total. The minimum Gasteiger partial charge on any atom is -0.481 e. The van der Waals surface area contributed by atoms with Gasteiger partial charge in [-0.25, -0.2) is 0 Å². The molecule has 1 amide bonds. The summed E-state index contributed by atoms with van der Waals surface area (Å²) in [6.45, 7) is 4.12. The summed E-state index contributed by atoms with van der Waals surface area (Å²) in [4.78, 5) is 35.9. The summed E-state index contributed by atoms with van der Waals surface area (Å²) in [5, 5.41) is 7.14. The molecule has 206 valence electrons. The number of nitrogens with one attached hydrogen (secondary N) is 2. The number of carbonyl (C=O) groups is 1. The van der Waals surface area contributed by atoms with E-state index in [1.807, 2.05) is 18.2 Å². The third-order valence-corrected chi connectivity index (χ3v) is 8.13. The molecule has 1 aromatic heterocycles. The van der Waals surface area contributed by atoms with Crippen molar-refractivity contribution in [2.45, 2.75) is 42.9 Å². The van der Waals surface area contributed by atoms with Gasteiger partial charge in [-0.2, -0.15) is 4.99 Å². The maximum Gasteiger partial charge on any atom is 0.277 e. The molecule has 3 atom stereocenters. The van der Waals surface area contributed by atoms with E-state index in [9.17, 15) is 9.59 Å². The summed E-state index contributed by atoms with van der Waals surface area (Å²) >= 11 is 8.49. The maximum absolute atomic E-state index is 14.2. The monoisotopic (exact) mass is 664 g/mol. The quantitative estimate of drug-likeness (QED) is 0.361. The predicted molar refractivity (Wildman–Crippen MR) is 158 cm³/mol. The van der Waals surface area contributed by atoms with Gasteiger partial charge in [-0.3, -0.25) is 14.5 Å². The number of ether oxygens (including phenoxy) is 2. The van der Waals surface area contributed by atoms with Crippen molar-refractivity contribution in [2.24, 2.45) is 12.0 Å². The Hall–Kier alpha value is -3.03. The van der Waals surface area contributed by atoms with Crippen LogP contribution in [0.3, 0.4) is 0 Å². The topological polar surface area (TPSA) is 100 Å². The molecular formula is C27H30ClIN6O4. The normalized spacial score (nSPS) is 22.6. The Morgan fingerprint density at radius 2 is 1.90 bits per heavy atom. The average molecular weight is 665 g/mol. The maximum atomic E-state index is 14.2. The second-order valence-electron chi connectivity index (χ2n) is 9.71. The Labute approximate surface area is 245 Å². The predicted octanol–water partition coefficient (Wildman–Crippen LogP) is 3.37. The van der Waals surface area contributed by atoms with Crippen LogP contribution < -0.4 is 21.1 Å². The van der Waals surface area contributed by atoms with Crippen molar-refractivity contribution in [3.63, 3.8) is 0 Å². The van der Waals surface area contributed by atoms with Crippen LogP contribution in [0.1, 0.15) is 31.0 Å². The summed E-state index contributed by atoms with van der Waals surface area (Å²) in [5.41, 5.74) is 3.79. The van der Waals surface area contributed by atoms with Gasteiger partial charge in [0.15, 0.2) is 0 Å². The molecule has 0 radical (unpaired) electrons. The van der Waals surface area contributed by atoms with E-state index in [1.54, 1.807) is 50.7 Å². The highest BCUT2D eigenvalue weighted by Crippen LogP contribution is 2.46. The minimum absolute atomic E-state index is 0.0276. The van der Waals surface area contributed by atoms with Gasteiger partial charge in [0.25, 0.3) is 11.5 Å². The van der Waals surface area contributed by atoms with Gasteiger partial charge in [-0.15, -0.1) is 0 Å². The summed E-state index contributed by atoms with van der Waals surface area (Å²) in [6.07, 6.45) is 2.59. The van der Waals surface area contributed by atoms with Crippen LogP contribution in [0.5, 0.6) is 0 Å². The summed E-state index contributed by atoms with van der Waals surface area (Å²) in [7, 11) is 4.81. The molecule has 1 aromatic carbocycles. The lowest BCUT2D eigenvalue weighted by atomic mass is 10.0. The molecule has 12 heteroatoms. The van der Waals surface area contributed by atoms with Crippen molar-refractivity contribution in [2.75, 3.05) is 19.1 Å². The van der Waals surface area contributed by atoms with Crippen molar-refractivity contribution in [1.82, 2.24) is 20.1 Å². The molecule has 0 bridgehead atoms. The van der Waals surface area contributed by atoms with Crippen LogP contribution >= 0.6 is 34.2 Å². The highest BCUT2D eigenvalue weighted by molar-refractivity contribution is 14.1. The van der Waals surface area contributed by atoms with Crippen LogP contribution in [0.15, 0.2) is 69.5 Å². The van der Waals surface area contributed by atoms with Crippen molar-refractivity contribution in [3.8, 4) is 0 Å². The highest BCUT2D eigenvalue weighted by atomic mass is 127. The van der Waals surface area contributed by atoms with Crippen LogP contribution in [0.4, 0.5) is 5.69 Å². The summed E-state index contributed by atoms with van der Waals surface area (Å²) in [5.74, 6) is 0.122. The number of aryl methyl sites for hydroxylation is 1. The van der Waals surface area contributed by atoms with E-state index >= 15 is 0 Å². The van der Waals surface area contributed by atoms with Crippen LogP contribution in [0.25, 0.3) is 0 Å². The van der Waals surface area contributed by atoms with E-state index in [0.29, 0.717) is 26.7 Å². The van der Waals surface area contributed by atoms with E-state index in [0.717, 1.165) is 22.4 Å². The zero-order valence-corrected chi connectivity index (χ0v) is 25.1. The first-order valence-corrected chi connectivity index (χ1v) is 14.3. The fourth-order valence-electron chi connectivity index (χ4n) is 5.30. The Bertz CT molecular complexity index is 1450. The standard InChI is InChI=1S/C27H30ClIN6O4/c1-14(2)34-22-20(31-23(34)18-12-30-27(39-5)32-24(18)38-4)26(37)35(21(22)16-6-8-17(28)9-7-16)19-10-15(11-29)13-33(3)25(19)36/h6-10,12-14,21,23,27,30-31H,11H2,1-5H3. The van der Waals surface area contributed by atoms with Gasteiger partial charge >= 0.3 is 0 Å². The first kappa shape index (κ1) is 27.5. The molecule has 0 saturated heterocycles. The van der Waals surface area contributed by atoms with Gasteiger partial charge in [0.05, 0.1) is 18.4 Å². The fraction of sp³-hybridized carbons (Fsp3) is 0.370. The molecule has 4 heterocycles. The lowest BCUT2D eigenvalue weighted by Crippen LogP contribution is -2.51. The van der Waals surface area contributed by atoms with E-state index in [4.69, 9.17) is 21.1 Å². The molecule has 3 unspecified atom stereocenters. The second-order valence-corrected chi connectivity index (χ2v) is 10.9.